The van der Waals surface area contributed by atoms with E-state index in [0.29, 0.717) is 12.8 Å². The minimum atomic E-state index is -0.162. The monoisotopic (exact) mass is 203 g/mol. The van der Waals surface area contributed by atoms with E-state index in [1.54, 1.807) is 7.05 Å². The lowest BCUT2D eigenvalue weighted by molar-refractivity contribution is -0.137. The van der Waals surface area contributed by atoms with Crippen molar-refractivity contribution in [3.05, 3.63) is 35.9 Å². The van der Waals surface area contributed by atoms with E-state index in [9.17, 15) is 9.59 Å². The van der Waals surface area contributed by atoms with Gasteiger partial charge in [-0.25, -0.2) is 0 Å². The molecule has 1 fully saturated rings. The third-order valence-electron chi connectivity index (χ3n) is 2.80. The van der Waals surface area contributed by atoms with Crippen molar-refractivity contribution >= 4 is 11.8 Å². The first-order valence-electron chi connectivity index (χ1n) is 5.03. The second-order valence-corrected chi connectivity index (χ2v) is 3.88. The van der Waals surface area contributed by atoms with Gasteiger partial charge in [-0.1, -0.05) is 30.3 Å². The Hall–Kier alpha value is -1.64. The van der Waals surface area contributed by atoms with Crippen LogP contribution in [0.5, 0.6) is 0 Å². The number of carbonyl (C=O) groups excluding carboxylic acids is 2. The lowest BCUT2D eigenvalue weighted by Crippen LogP contribution is -2.26. The number of carbonyl (C=O) groups is 2. The maximum Gasteiger partial charge on any atom is 0.232 e. The number of hydrogen-bond acceptors (Lipinski definition) is 2. The molecule has 1 aliphatic heterocycles. The first-order valence-corrected chi connectivity index (χ1v) is 5.03. The van der Waals surface area contributed by atoms with Crippen molar-refractivity contribution < 1.29 is 9.59 Å². The van der Waals surface area contributed by atoms with Crippen LogP contribution in [0.1, 0.15) is 12.0 Å². The topological polar surface area (TPSA) is 37.4 Å². The zero-order valence-electron chi connectivity index (χ0n) is 8.64. The van der Waals surface area contributed by atoms with Crippen LogP contribution in [0.2, 0.25) is 0 Å². The van der Waals surface area contributed by atoms with Crippen LogP contribution in [-0.4, -0.2) is 23.8 Å². The molecule has 0 radical (unpaired) electrons. The molecule has 0 saturated carbocycles. The summed E-state index contributed by atoms with van der Waals surface area (Å²) in [7, 11) is 1.55. The maximum atomic E-state index is 11.6. The van der Waals surface area contributed by atoms with Crippen LogP contribution in [0.25, 0.3) is 0 Å². The van der Waals surface area contributed by atoms with Crippen molar-refractivity contribution in [1.29, 1.82) is 0 Å². The minimum Gasteiger partial charge on any atom is -0.285 e. The van der Waals surface area contributed by atoms with Gasteiger partial charge in [0.15, 0.2) is 0 Å². The highest BCUT2D eigenvalue weighted by atomic mass is 16.2. The number of benzene rings is 1. The standard InChI is InChI=1S/C12H13NO2/c1-13-11(14)8-10(12(13)15)7-9-5-3-2-4-6-9/h2-6,10H,7-8H2,1H3/t10-/m0/s1. The van der Waals surface area contributed by atoms with Gasteiger partial charge < -0.3 is 0 Å². The quantitative estimate of drug-likeness (QED) is 0.678. The summed E-state index contributed by atoms with van der Waals surface area (Å²) >= 11 is 0. The number of imide groups is 1. The summed E-state index contributed by atoms with van der Waals surface area (Å²) in [5, 5.41) is 0. The van der Waals surface area contributed by atoms with Gasteiger partial charge in [0.1, 0.15) is 0 Å². The Kier molecular flexibility index (Phi) is 2.54. The van der Waals surface area contributed by atoms with E-state index in [2.05, 4.69) is 0 Å². The third kappa shape index (κ3) is 1.91. The number of rotatable bonds is 2. The smallest absolute Gasteiger partial charge is 0.232 e. The van der Waals surface area contributed by atoms with Crippen LogP contribution >= 0.6 is 0 Å². The molecule has 1 atom stereocenters. The van der Waals surface area contributed by atoms with Gasteiger partial charge in [0.25, 0.3) is 0 Å². The van der Waals surface area contributed by atoms with Crippen LogP contribution in [0.4, 0.5) is 0 Å². The average Bonchev–Trinajstić information content (AvgIpc) is 2.48. The van der Waals surface area contributed by atoms with Crippen LogP contribution in [0, 0.1) is 5.92 Å². The SMILES string of the molecule is CN1C(=O)C[C@H](Cc2ccccc2)C1=O. The predicted octanol–water partition coefficient (Wildman–Crippen LogP) is 1.23. The molecule has 2 rings (SSSR count). The van der Waals surface area contributed by atoms with Crippen molar-refractivity contribution in [3.63, 3.8) is 0 Å². The summed E-state index contributed by atoms with van der Waals surface area (Å²) in [5.41, 5.74) is 1.11. The molecule has 1 aromatic carbocycles. The van der Waals surface area contributed by atoms with E-state index in [1.165, 1.54) is 4.90 Å². The molecule has 0 unspecified atom stereocenters. The van der Waals surface area contributed by atoms with Crippen LogP contribution in [0.3, 0.4) is 0 Å². The third-order valence-corrected chi connectivity index (χ3v) is 2.80. The van der Waals surface area contributed by atoms with E-state index >= 15 is 0 Å². The van der Waals surface area contributed by atoms with Crippen molar-refractivity contribution in [2.45, 2.75) is 12.8 Å². The highest BCUT2D eigenvalue weighted by Crippen LogP contribution is 2.21. The predicted molar refractivity (Wildman–Crippen MR) is 56.0 cm³/mol. The van der Waals surface area contributed by atoms with Gasteiger partial charge in [0, 0.05) is 13.5 Å². The fourth-order valence-electron chi connectivity index (χ4n) is 1.89. The van der Waals surface area contributed by atoms with Crippen LogP contribution in [-0.2, 0) is 16.0 Å². The van der Waals surface area contributed by atoms with Gasteiger partial charge in [-0.2, -0.15) is 0 Å². The molecule has 3 heteroatoms. The van der Waals surface area contributed by atoms with E-state index < -0.39 is 0 Å². The molecule has 1 heterocycles. The Morgan fingerprint density at radius 3 is 2.47 bits per heavy atom. The van der Waals surface area contributed by atoms with Gasteiger partial charge in [-0.3, -0.25) is 14.5 Å². The van der Waals surface area contributed by atoms with Gasteiger partial charge in [0.2, 0.25) is 11.8 Å². The molecule has 0 bridgehead atoms. The Bertz CT molecular complexity index is 386. The Morgan fingerprint density at radius 2 is 1.93 bits per heavy atom. The average molecular weight is 203 g/mol. The van der Waals surface area contributed by atoms with Crippen molar-refractivity contribution in [2.75, 3.05) is 7.05 Å². The number of hydrogen-bond donors (Lipinski definition) is 0. The van der Waals surface area contributed by atoms with E-state index in [4.69, 9.17) is 0 Å². The molecule has 0 aromatic heterocycles. The number of amides is 2. The summed E-state index contributed by atoms with van der Waals surface area (Å²) < 4.78 is 0. The molecular weight excluding hydrogens is 190 g/mol. The van der Waals surface area contributed by atoms with E-state index in [-0.39, 0.29) is 17.7 Å². The molecule has 78 valence electrons. The second-order valence-electron chi connectivity index (χ2n) is 3.88. The molecule has 0 N–H and O–H groups in total. The van der Waals surface area contributed by atoms with Gasteiger partial charge in [-0.15, -0.1) is 0 Å². The summed E-state index contributed by atoms with van der Waals surface area (Å²) in [4.78, 5) is 24.1. The van der Waals surface area contributed by atoms with Crippen molar-refractivity contribution in [1.82, 2.24) is 4.90 Å². The number of likely N-dealkylation sites (tertiary alicyclic amines) is 1. The largest absolute Gasteiger partial charge is 0.285 e. The van der Waals surface area contributed by atoms with Gasteiger partial charge in [-0.05, 0) is 12.0 Å². The highest BCUT2D eigenvalue weighted by molar-refractivity contribution is 6.03. The molecule has 1 aliphatic rings. The Morgan fingerprint density at radius 1 is 1.27 bits per heavy atom. The Balaban J connectivity index is 2.09. The van der Waals surface area contributed by atoms with Gasteiger partial charge in [0.05, 0.1) is 5.92 Å². The van der Waals surface area contributed by atoms with Crippen molar-refractivity contribution in [2.24, 2.45) is 5.92 Å². The molecular formula is C12H13NO2. The molecule has 3 nitrogen and oxygen atoms in total. The highest BCUT2D eigenvalue weighted by Gasteiger charge is 2.35. The molecule has 1 aromatic rings. The summed E-state index contributed by atoms with van der Waals surface area (Å²) in [6, 6.07) is 9.80. The van der Waals surface area contributed by atoms with Crippen LogP contribution in [0.15, 0.2) is 30.3 Å². The fraction of sp³-hybridized carbons (Fsp3) is 0.333. The summed E-state index contributed by atoms with van der Waals surface area (Å²) in [5.74, 6) is -0.283. The lowest BCUT2D eigenvalue weighted by atomic mass is 9.98. The lowest BCUT2D eigenvalue weighted by Gasteiger charge is -2.08. The minimum absolute atomic E-state index is 0.0520. The van der Waals surface area contributed by atoms with Crippen molar-refractivity contribution in [3.8, 4) is 0 Å². The maximum absolute atomic E-state index is 11.6. The zero-order valence-corrected chi connectivity index (χ0v) is 8.64. The van der Waals surface area contributed by atoms with Crippen LogP contribution < -0.4 is 0 Å². The normalized spacial score (nSPS) is 21.1. The van der Waals surface area contributed by atoms with Gasteiger partial charge >= 0.3 is 0 Å². The van der Waals surface area contributed by atoms with E-state index in [0.717, 1.165) is 5.56 Å². The molecule has 15 heavy (non-hydrogen) atoms. The molecule has 1 saturated heterocycles. The molecule has 0 aliphatic carbocycles. The number of nitrogens with zero attached hydrogens (tertiary/aromatic N) is 1. The molecule has 2 amide bonds. The van der Waals surface area contributed by atoms with E-state index in [1.807, 2.05) is 30.3 Å². The Labute approximate surface area is 88.7 Å². The first kappa shape index (κ1) is 9.90. The summed E-state index contributed by atoms with van der Waals surface area (Å²) in [6.45, 7) is 0. The first-order chi connectivity index (χ1) is 7.18. The fourth-order valence-corrected chi connectivity index (χ4v) is 1.89. The zero-order chi connectivity index (χ0) is 10.8. The summed E-state index contributed by atoms with van der Waals surface area (Å²) in [6.07, 6.45) is 1.01. The second kappa shape index (κ2) is 3.85. The molecule has 0 spiro atoms.